The zero-order valence-electron chi connectivity index (χ0n) is 9.29. The smallest absolute Gasteiger partial charge is 0.290 e. The molecule has 92 valence electrons. The van der Waals surface area contributed by atoms with Crippen molar-refractivity contribution in [3.63, 3.8) is 0 Å². The molecule has 1 aliphatic heterocycles. The van der Waals surface area contributed by atoms with Crippen LogP contribution in [0, 0.1) is 0 Å². The molecule has 1 aromatic heterocycles. The average molecular weight is 246 g/mol. The summed E-state index contributed by atoms with van der Waals surface area (Å²) >= 11 is 0. The molecule has 1 atom stereocenters. The predicted molar refractivity (Wildman–Crippen MR) is 61.1 cm³/mol. The van der Waals surface area contributed by atoms with E-state index in [1.807, 2.05) is 24.3 Å². The second kappa shape index (κ2) is 4.02. The first kappa shape index (κ1) is 10.6. The van der Waals surface area contributed by atoms with E-state index in [9.17, 15) is 4.79 Å². The number of carbonyl (C=O) groups is 1. The highest BCUT2D eigenvalue weighted by Crippen LogP contribution is 2.32. The largest absolute Gasteiger partial charge is 0.477 e. The van der Waals surface area contributed by atoms with Gasteiger partial charge in [-0.05, 0) is 12.1 Å². The Labute approximate surface area is 102 Å². The molecule has 2 heterocycles. The molecule has 0 aliphatic carbocycles. The molecule has 1 aromatic carbocycles. The number of rotatable bonds is 2. The molecule has 1 aliphatic rings. The maximum absolute atomic E-state index is 10.9. The molecule has 7 heteroatoms. The molecule has 3 N–H and O–H groups in total. The molecule has 0 fully saturated rings. The van der Waals surface area contributed by atoms with Crippen LogP contribution in [0.2, 0.25) is 0 Å². The third-order valence-electron chi connectivity index (χ3n) is 2.57. The molecule has 2 aromatic rings. The molecule has 0 bridgehead atoms. The zero-order chi connectivity index (χ0) is 12.5. The summed E-state index contributed by atoms with van der Waals surface area (Å²) in [6.45, 7) is 0.484. The fourth-order valence-electron chi connectivity index (χ4n) is 1.72. The standard InChI is InChI=1S/C11H10N4O3/c12-9(16)10-14-11(18-15-10)8-5-13-6-3-1-2-4-7(6)17-8/h1-4,8,13H,5H2,(H2,12,16). The summed E-state index contributed by atoms with van der Waals surface area (Å²) in [5.41, 5.74) is 5.96. The van der Waals surface area contributed by atoms with Gasteiger partial charge in [0, 0.05) is 0 Å². The van der Waals surface area contributed by atoms with Crippen LogP contribution in [0.3, 0.4) is 0 Å². The van der Waals surface area contributed by atoms with Crippen LogP contribution in [0.4, 0.5) is 5.69 Å². The Hall–Kier alpha value is -2.57. The number of benzene rings is 1. The molecular weight excluding hydrogens is 236 g/mol. The fourth-order valence-corrected chi connectivity index (χ4v) is 1.72. The number of hydrogen-bond acceptors (Lipinski definition) is 6. The molecule has 0 radical (unpaired) electrons. The Morgan fingerprint density at radius 2 is 2.28 bits per heavy atom. The van der Waals surface area contributed by atoms with Crippen molar-refractivity contribution >= 4 is 11.6 Å². The van der Waals surface area contributed by atoms with E-state index in [0.717, 1.165) is 5.69 Å². The number of primary amides is 1. The van der Waals surface area contributed by atoms with Gasteiger partial charge in [-0.2, -0.15) is 4.98 Å². The lowest BCUT2D eigenvalue weighted by atomic mass is 10.2. The van der Waals surface area contributed by atoms with Gasteiger partial charge < -0.3 is 20.3 Å². The number of fused-ring (bicyclic) bond motifs is 1. The van der Waals surface area contributed by atoms with E-state index in [0.29, 0.717) is 12.3 Å². The van der Waals surface area contributed by atoms with Crippen molar-refractivity contribution in [3.05, 3.63) is 36.0 Å². The van der Waals surface area contributed by atoms with E-state index >= 15 is 0 Å². The van der Waals surface area contributed by atoms with Crippen LogP contribution in [-0.4, -0.2) is 22.6 Å². The highest BCUT2D eigenvalue weighted by Gasteiger charge is 2.26. The summed E-state index contributed by atoms with van der Waals surface area (Å²) in [5, 5.41) is 6.66. The molecule has 1 unspecified atom stereocenters. The highest BCUT2D eigenvalue weighted by atomic mass is 16.5. The number of nitrogens with two attached hydrogens (primary N) is 1. The van der Waals surface area contributed by atoms with E-state index in [1.165, 1.54) is 0 Å². The Kier molecular flexibility index (Phi) is 2.36. The Morgan fingerprint density at radius 1 is 1.44 bits per heavy atom. The monoisotopic (exact) mass is 246 g/mol. The van der Waals surface area contributed by atoms with Gasteiger partial charge in [0.1, 0.15) is 5.75 Å². The van der Waals surface area contributed by atoms with Crippen molar-refractivity contribution in [2.75, 3.05) is 11.9 Å². The Bertz CT molecular complexity index is 595. The number of anilines is 1. The lowest BCUT2D eigenvalue weighted by Crippen LogP contribution is -2.24. The molecule has 0 saturated heterocycles. The summed E-state index contributed by atoms with van der Waals surface area (Å²) in [5.74, 6) is 0.0556. The molecule has 7 nitrogen and oxygen atoms in total. The normalized spacial score (nSPS) is 17.4. The van der Waals surface area contributed by atoms with Gasteiger partial charge in [-0.25, -0.2) is 0 Å². The number of nitrogens with zero attached hydrogens (tertiary/aromatic N) is 2. The summed E-state index contributed by atoms with van der Waals surface area (Å²) in [7, 11) is 0. The number of carbonyl (C=O) groups excluding carboxylic acids is 1. The number of para-hydroxylation sites is 2. The van der Waals surface area contributed by atoms with Crippen LogP contribution in [0.5, 0.6) is 5.75 Å². The molecule has 18 heavy (non-hydrogen) atoms. The second-order valence-corrected chi connectivity index (χ2v) is 3.80. The fraction of sp³-hybridized carbons (Fsp3) is 0.182. The summed E-state index contributed by atoms with van der Waals surface area (Å²) in [6, 6.07) is 7.52. The Balaban J connectivity index is 1.85. The van der Waals surface area contributed by atoms with E-state index in [1.54, 1.807) is 0 Å². The van der Waals surface area contributed by atoms with E-state index in [4.69, 9.17) is 15.0 Å². The van der Waals surface area contributed by atoms with Gasteiger partial charge in [0.25, 0.3) is 17.6 Å². The first-order chi connectivity index (χ1) is 8.74. The molecule has 0 saturated carbocycles. The number of ether oxygens (including phenoxy) is 1. The van der Waals surface area contributed by atoms with E-state index < -0.39 is 12.0 Å². The first-order valence-corrected chi connectivity index (χ1v) is 5.37. The summed E-state index contributed by atoms with van der Waals surface area (Å²) in [6.07, 6.45) is -0.430. The number of amides is 1. The van der Waals surface area contributed by atoms with Crippen LogP contribution in [0.15, 0.2) is 28.8 Å². The quantitative estimate of drug-likeness (QED) is 0.809. The highest BCUT2D eigenvalue weighted by molar-refractivity contribution is 5.88. The van der Waals surface area contributed by atoms with Crippen molar-refractivity contribution in [1.82, 2.24) is 10.1 Å². The SMILES string of the molecule is NC(=O)c1noc(C2CNc3ccccc3O2)n1. The minimum Gasteiger partial charge on any atom is -0.477 e. The topological polar surface area (TPSA) is 103 Å². The predicted octanol–water partition coefficient (Wildman–Crippen LogP) is 0.714. The van der Waals surface area contributed by atoms with Gasteiger partial charge in [0.15, 0.2) is 6.10 Å². The lowest BCUT2D eigenvalue weighted by Gasteiger charge is -2.24. The third kappa shape index (κ3) is 1.75. The first-order valence-electron chi connectivity index (χ1n) is 5.37. The molecule has 0 spiro atoms. The van der Waals surface area contributed by atoms with Crippen molar-refractivity contribution in [1.29, 1.82) is 0 Å². The maximum atomic E-state index is 10.9. The van der Waals surface area contributed by atoms with Crippen molar-refractivity contribution < 1.29 is 14.1 Å². The molecule has 3 rings (SSSR count). The number of hydrogen-bond donors (Lipinski definition) is 2. The minimum absolute atomic E-state index is 0.146. The van der Waals surface area contributed by atoms with Crippen LogP contribution in [0.1, 0.15) is 22.6 Å². The van der Waals surface area contributed by atoms with Crippen molar-refractivity contribution in [2.45, 2.75) is 6.10 Å². The second-order valence-electron chi connectivity index (χ2n) is 3.80. The minimum atomic E-state index is -0.728. The van der Waals surface area contributed by atoms with Gasteiger partial charge in [-0.15, -0.1) is 0 Å². The lowest BCUT2D eigenvalue weighted by molar-refractivity contribution is 0.0987. The summed E-state index contributed by atoms with van der Waals surface area (Å²) in [4.78, 5) is 14.8. The third-order valence-corrected chi connectivity index (χ3v) is 2.57. The zero-order valence-corrected chi connectivity index (χ0v) is 9.29. The number of nitrogens with one attached hydrogen (secondary N) is 1. The molecule has 1 amide bonds. The van der Waals surface area contributed by atoms with Crippen LogP contribution in [-0.2, 0) is 0 Å². The van der Waals surface area contributed by atoms with Crippen molar-refractivity contribution in [3.8, 4) is 5.75 Å². The van der Waals surface area contributed by atoms with Gasteiger partial charge in [-0.3, -0.25) is 4.79 Å². The van der Waals surface area contributed by atoms with Gasteiger partial charge in [0.05, 0.1) is 12.2 Å². The molecular formula is C11H10N4O3. The van der Waals surface area contributed by atoms with Gasteiger partial charge in [0.2, 0.25) is 0 Å². The van der Waals surface area contributed by atoms with E-state index in [2.05, 4.69) is 15.5 Å². The van der Waals surface area contributed by atoms with Crippen LogP contribution >= 0.6 is 0 Å². The number of aromatic nitrogens is 2. The van der Waals surface area contributed by atoms with Gasteiger partial charge in [-0.1, -0.05) is 17.3 Å². The van der Waals surface area contributed by atoms with Gasteiger partial charge >= 0.3 is 0 Å². The van der Waals surface area contributed by atoms with Crippen molar-refractivity contribution in [2.24, 2.45) is 5.73 Å². The van der Waals surface area contributed by atoms with E-state index in [-0.39, 0.29) is 11.7 Å². The average Bonchev–Trinajstić information content (AvgIpc) is 2.88. The Morgan fingerprint density at radius 3 is 3.06 bits per heavy atom. The summed E-state index contributed by atoms with van der Waals surface area (Å²) < 4.78 is 10.7. The van der Waals surface area contributed by atoms with Crippen LogP contribution in [0.25, 0.3) is 0 Å². The maximum Gasteiger partial charge on any atom is 0.290 e. The van der Waals surface area contributed by atoms with Crippen LogP contribution < -0.4 is 15.8 Å².